The quantitative estimate of drug-likeness (QED) is 0.898. The van der Waals surface area contributed by atoms with Crippen LogP contribution in [0.3, 0.4) is 0 Å². The molecule has 4 heteroatoms. The summed E-state index contributed by atoms with van der Waals surface area (Å²) in [5.74, 6) is -0.0622. The standard InChI is InChI=1S/C16H23FN2O/c1-3-15(13-6-8-14(17)9-7-13)18-12(2)16(20)19-10-4-5-11-19/h6-9,12,15,18H,3-5,10-11H2,1-2H3. The third-order valence-corrected chi connectivity index (χ3v) is 3.92. The predicted octanol–water partition coefficient (Wildman–Crippen LogP) is 2.88. The van der Waals surface area contributed by atoms with Crippen LogP contribution >= 0.6 is 0 Å². The van der Waals surface area contributed by atoms with Crippen LogP contribution in [0.15, 0.2) is 24.3 Å². The van der Waals surface area contributed by atoms with E-state index in [0.717, 1.165) is 37.9 Å². The van der Waals surface area contributed by atoms with Crippen molar-refractivity contribution in [1.29, 1.82) is 0 Å². The predicted molar refractivity (Wildman–Crippen MR) is 77.8 cm³/mol. The largest absolute Gasteiger partial charge is 0.341 e. The molecule has 1 fully saturated rings. The number of amides is 1. The monoisotopic (exact) mass is 278 g/mol. The Kier molecular flexibility index (Phi) is 5.12. The molecule has 0 aromatic heterocycles. The van der Waals surface area contributed by atoms with Gasteiger partial charge >= 0.3 is 0 Å². The van der Waals surface area contributed by atoms with E-state index in [-0.39, 0.29) is 23.8 Å². The third-order valence-electron chi connectivity index (χ3n) is 3.92. The molecule has 1 saturated heterocycles. The highest BCUT2D eigenvalue weighted by Gasteiger charge is 2.24. The summed E-state index contributed by atoms with van der Waals surface area (Å²) in [6, 6.07) is 6.37. The van der Waals surface area contributed by atoms with E-state index in [4.69, 9.17) is 0 Å². The second-order valence-corrected chi connectivity index (χ2v) is 5.43. The molecule has 1 aromatic rings. The van der Waals surface area contributed by atoms with Crippen LogP contribution < -0.4 is 5.32 Å². The van der Waals surface area contributed by atoms with E-state index in [1.54, 1.807) is 12.1 Å². The van der Waals surface area contributed by atoms with Crippen molar-refractivity contribution in [3.05, 3.63) is 35.6 Å². The Hall–Kier alpha value is -1.42. The molecule has 1 aromatic carbocycles. The van der Waals surface area contributed by atoms with Crippen molar-refractivity contribution < 1.29 is 9.18 Å². The van der Waals surface area contributed by atoms with Gasteiger partial charge in [-0.3, -0.25) is 10.1 Å². The average molecular weight is 278 g/mol. The highest BCUT2D eigenvalue weighted by molar-refractivity contribution is 5.81. The number of nitrogens with zero attached hydrogens (tertiary/aromatic N) is 1. The Bertz CT molecular complexity index is 440. The molecule has 2 rings (SSSR count). The summed E-state index contributed by atoms with van der Waals surface area (Å²) in [6.45, 7) is 5.72. The van der Waals surface area contributed by atoms with Gasteiger partial charge in [0.2, 0.25) is 5.91 Å². The Balaban J connectivity index is 1.98. The van der Waals surface area contributed by atoms with Crippen molar-refractivity contribution in [1.82, 2.24) is 10.2 Å². The molecule has 1 heterocycles. The Morgan fingerprint density at radius 3 is 2.45 bits per heavy atom. The lowest BCUT2D eigenvalue weighted by molar-refractivity contribution is -0.132. The van der Waals surface area contributed by atoms with Crippen molar-refractivity contribution >= 4 is 5.91 Å². The smallest absolute Gasteiger partial charge is 0.239 e. The minimum absolute atomic E-state index is 0.0807. The second kappa shape index (κ2) is 6.84. The number of carbonyl (C=O) groups is 1. The molecular formula is C16H23FN2O. The Morgan fingerprint density at radius 1 is 1.30 bits per heavy atom. The van der Waals surface area contributed by atoms with E-state index in [0.29, 0.717) is 0 Å². The van der Waals surface area contributed by atoms with Gasteiger partial charge in [-0.1, -0.05) is 19.1 Å². The molecule has 0 saturated carbocycles. The maximum absolute atomic E-state index is 13.0. The lowest BCUT2D eigenvalue weighted by Crippen LogP contribution is -2.44. The fraction of sp³-hybridized carbons (Fsp3) is 0.562. The number of rotatable bonds is 5. The minimum Gasteiger partial charge on any atom is -0.341 e. The van der Waals surface area contributed by atoms with Gasteiger partial charge in [0.25, 0.3) is 0 Å². The van der Waals surface area contributed by atoms with Gasteiger partial charge in [0.05, 0.1) is 6.04 Å². The first-order valence-electron chi connectivity index (χ1n) is 7.42. The van der Waals surface area contributed by atoms with Crippen LogP contribution in [0.4, 0.5) is 4.39 Å². The molecule has 1 N–H and O–H groups in total. The van der Waals surface area contributed by atoms with E-state index in [2.05, 4.69) is 12.2 Å². The number of likely N-dealkylation sites (tertiary alicyclic amines) is 1. The van der Waals surface area contributed by atoms with Crippen LogP contribution in [0.1, 0.15) is 44.7 Å². The molecule has 0 bridgehead atoms. The van der Waals surface area contributed by atoms with Crippen LogP contribution in [-0.2, 0) is 4.79 Å². The van der Waals surface area contributed by atoms with Crippen molar-refractivity contribution in [3.8, 4) is 0 Å². The van der Waals surface area contributed by atoms with Crippen LogP contribution in [0.2, 0.25) is 0 Å². The minimum atomic E-state index is -0.232. The maximum atomic E-state index is 13.0. The third kappa shape index (κ3) is 3.57. The highest BCUT2D eigenvalue weighted by atomic mass is 19.1. The summed E-state index contributed by atoms with van der Waals surface area (Å²) in [6.07, 6.45) is 3.07. The summed E-state index contributed by atoms with van der Waals surface area (Å²) < 4.78 is 13.0. The van der Waals surface area contributed by atoms with Gasteiger partial charge < -0.3 is 4.90 Å². The van der Waals surface area contributed by atoms with Crippen LogP contribution in [0, 0.1) is 5.82 Å². The molecule has 1 aliphatic heterocycles. The van der Waals surface area contributed by atoms with Gasteiger partial charge in [-0.15, -0.1) is 0 Å². The van der Waals surface area contributed by atoms with E-state index in [9.17, 15) is 9.18 Å². The number of carbonyl (C=O) groups excluding carboxylic acids is 1. The van der Waals surface area contributed by atoms with E-state index < -0.39 is 0 Å². The van der Waals surface area contributed by atoms with Crippen LogP contribution in [0.5, 0.6) is 0 Å². The summed E-state index contributed by atoms with van der Waals surface area (Å²) in [5.41, 5.74) is 1.02. The SMILES string of the molecule is CCC(NC(C)C(=O)N1CCCC1)c1ccc(F)cc1. The molecule has 2 unspecified atom stereocenters. The number of halogens is 1. The van der Waals surface area contributed by atoms with E-state index in [1.807, 2.05) is 11.8 Å². The number of nitrogens with one attached hydrogen (secondary N) is 1. The second-order valence-electron chi connectivity index (χ2n) is 5.43. The molecule has 1 amide bonds. The van der Waals surface area contributed by atoms with E-state index >= 15 is 0 Å². The zero-order valence-electron chi connectivity index (χ0n) is 12.2. The number of hydrogen-bond acceptors (Lipinski definition) is 2. The Labute approximate surface area is 120 Å². The van der Waals surface area contributed by atoms with Gasteiger partial charge in [-0.25, -0.2) is 4.39 Å². The van der Waals surface area contributed by atoms with Gasteiger partial charge in [-0.05, 0) is 43.9 Å². The molecule has 110 valence electrons. The van der Waals surface area contributed by atoms with Gasteiger partial charge in [0.15, 0.2) is 0 Å². The molecule has 1 aliphatic rings. The molecule has 0 spiro atoms. The summed E-state index contributed by atoms with van der Waals surface area (Å²) in [7, 11) is 0. The first kappa shape index (κ1) is 15.0. The molecule has 20 heavy (non-hydrogen) atoms. The Morgan fingerprint density at radius 2 is 1.90 bits per heavy atom. The highest BCUT2D eigenvalue weighted by Crippen LogP contribution is 2.18. The topological polar surface area (TPSA) is 32.3 Å². The number of benzene rings is 1. The fourth-order valence-corrected chi connectivity index (χ4v) is 2.73. The molecule has 0 radical (unpaired) electrons. The zero-order chi connectivity index (χ0) is 14.5. The average Bonchev–Trinajstić information content (AvgIpc) is 2.99. The van der Waals surface area contributed by atoms with Gasteiger partial charge in [-0.2, -0.15) is 0 Å². The summed E-state index contributed by atoms with van der Waals surface area (Å²) in [5, 5.41) is 3.37. The van der Waals surface area contributed by atoms with Crippen molar-refractivity contribution in [3.63, 3.8) is 0 Å². The maximum Gasteiger partial charge on any atom is 0.239 e. The number of hydrogen-bond donors (Lipinski definition) is 1. The van der Waals surface area contributed by atoms with Gasteiger partial charge in [0.1, 0.15) is 5.82 Å². The van der Waals surface area contributed by atoms with Crippen LogP contribution in [0.25, 0.3) is 0 Å². The van der Waals surface area contributed by atoms with Crippen molar-refractivity contribution in [2.24, 2.45) is 0 Å². The van der Waals surface area contributed by atoms with Crippen molar-refractivity contribution in [2.45, 2.75) is 45.2 Å². The normalized spacial score (nSPS) is 18.1. The molecular weight excluding hydrogens is 255 g/mol. The molecule has 2 atom stereocenters. The zero-order valence-corrected chi connectivity index (χ0v) is 12.2. The lowest BCUT2D eigenvalue weighted by Gasteiger charge is -2.25. The molecule has 3 nitrogen and oxygen atoms in total. The fourth-order valence-electron chi connectivity index (χ4n) is 2.73. The van der Waals surface area contributed by atoms with E-state index in [1.165, 1.54) is 12.1 Å². The summed E-state index contributed by atoms with van der Waals surface area (Å²) in [4.78, 5) is 14.2. The first-order chi connectivity index (χ1) is 9.61. The lowest BCUT2D eigenvalue weighted by atomic mass is 10.0. The van der Waals surface area contributed by atoms with Gasteiger partial charge in [0, 0.05) is 19.1 Å². The molecule has 0 aliphatic carbocycles. The van der Waals surface area contributed by atoms with Crippen molar-refractivity contribution in [2.75, 3.05) is 13.1 Å². The summed E-state index contributed by atoms with van der Waals surface area (Å²) >= 11 is 0. The first-order valence-corrected chi connectivity index (χ1v) is 7.42. The van der Waals surface area contributed by atoms with Crippen LogP contribution in [-0.4, -0.2) is 29.9 Å².